The van der Waals surface area contributed by atoms with Crippen molar-refractivity contribution in [1.82, 2.24) is 0 Å². The highest BCUT2D eigenvalue weighted by atomic mass is 127. The molecule has 2 aromatic rings. The zero-order valence-corrected chi connectivity index (χ0v) is 12.8. The maximum Gasteiger partial charge on any atom is 0.0908 e. The van der Waals surface area contributed by atoms with Gasteiger partial charge in [-0.3, -0.25) is 0 Å². The average molecular weight is 352 g/mol. The molecule has 1 N–H and O–H groups in total. The van der Waals surface area contributed by atoms with Crippen molar-refractivity contribution in [3.8, 4) is 0 Å². The van der Waals surface area contributed by atoms with Gasteiger partial charge in [-0.05, 0) is 59.7 Å². The number of hydrogen-bond acceptors (Lipinski definition) is 1. The van der Waals surface area contributed by atoms with Crippen molar-refractivity contribution in [2.75, 3.05) is 0 Å². The number of aliphatic hydroxyl groups is 1. The first-order valence-electron chi connectivity index (χ1n) is 6.01. The Labute approximate surface area is 122 Å². The maximum atomic E-state index is 10.6. The Hall–Kier alpha value is -0.870. The summed E-state index contributed by atoms with van der Waals surface area (Å²) in [6.07, 6.45) is 0.633. The van der Waals surface area contributed by atoms with Crippen molar-refractivity contribution in [1.29, 1.82) is 0 Å². The van der Waals surface area contributed by atoms with E-state index in [1.54, 1.807) is 0 Å². The van der Waals surface area contributed by atoms with Crippen LogP contribution in [-0.2, 0) is 12.0 Å². The maximum absolute atomic E-state index is 10.6. The second-order valence-corrected chi connectivity index (χ2v) is 6.19. The fourth-order valence-electron chi connectivity index (χ4n) is 2.01. The van der Waals surface area contributed by atoms with Crippen molar-refractivity contribution in [2.24, 2.45) is 0 Å². The average Bonchev–Trinajstić information content (AvgIpc) is 2.32. The second-order valence-electron chi connectivity index (χ2n) is 4.94. The summed E-state index contributed by atoms with van der Waals surface area (Å²) in [5, 5.41) is 10.6. The van der Waals surface area contributed by atoms with Crippen molar-refractivity contribution in [3.63, 3.8) is 0 Å². The summed E-state index contributed by atoms with van der Waals surface area (Å²) >= 11 is 2.27. The first-order valence-corrected chi connectivity index (χ1v) is 7.09. The van der Waals surface area contributed by atoms with E-state index in [9.17, 15) is 5.11 Å². The van der Waals surface area contributed by atoms with Crippen LogP contribution in [0, 0.1) is 10.5 Å². The molecule has 0 saturated carbocycles. The van der Waals surface area contributed by atoms with E-state index in [1.807, 2.05) is 31.2 Å². The first kappa shape index (κ1) is 13.6. The number of halogens is 1. The summed E-state index contributed by atoms with van der Waals surface area (Å²) in [5.74, 6) is 0. The van der Waals surface area contributed by atoms with E-state index in [1.165, 1.54) is 9.13 Å². The van der Waals surface area contributed by atoms with Gasteiger partial charge < -0.3 is 5.11 Å². The Bertz CT molecular complexity index is 512. The molecule has 0 amide bonds. The van der Waals surface area contributed by atoms with Crippen LogP contribution in [0.25, 0.3) is 0 Å². The van der Waals surface area contributed by atoms with Gasteiger partial charge in [0.05, 0.1) is 5.60 Å². The fraction of sp³-hybridized carbons (Fsp3) is 0.250. The molecule has 1 nitrogen and oxygen atoms in total. The fourth-order valence-corrected chi connectivity index (χ4v) is 2.37. The highest BCUT2D eigenvalue weighted by molar-refractivity contribution is 14.1. The van der Waals surface area contributed by atoms with Gasteiger partial charge in [-0.25, -0.2) is 0 Å². The Morgan fingerprint density at radius 2 is 1.56 bits per heavy atom. The third-order valence-electron chi connectivity index (χ3n) is 3.14. The largest absolute Gasteiger partial charge is 0.385 e. The molecule has 0 heterocycles. The standard InChI is InChI=1S/C16H17IO/c1-12-3-5-13(6-4-12)11-16(2,18)14-7-9-15(17)10-8-14/h3-10,18H,11H2,1-2H3. The Morgan fingerprint density at radius 1 is 1.00 bits per heavy atom. The molecule has 94 valence electrons. The summed E-state index contributed by atoms with van der Waals surface area (Å²) in [5.41, 5.74) is 2.54. The van der Waals surface area contributed by atoms with E-state index in [2.05, 4.69) is 53.8 Å². The van der Waals surface area contributed by atoms with Crippen LogP contribution in [0.3, 0.4) is 0 Å². The normalized spacial score (nSPS) is 14.2. The highest BCUT2D eigenvalue weighted by Crippen LogP contribution is 2.26. The second kappa shape index (κ2) is 5.41. The van der Waals surface area contributed by atoms with E-state index >= 15 is 0 Å². The predicted octanol–water partition coefficient (Wildman–Crippen LogP) is 4.05. The van der Waals surface area contributed by atoms with Crippen LogP contribution >= 0.6 is 22.6 Å². The van der Waals surface area contributed by atoms with Gasteiger partial charge in [0, 0.05) is 9.99 Å². The minimum Gasteiger partial charge on any atom is -0.385 e. The van der Waals surface area contributed by atoms with Gasteiger partial charge in [0.2, 0.25) is 0 Å². The summed E-state index contributed by atoms with van der Waals surface area (Å²) < 4.78 is 1.18. The van der Waals surface area contributed by atoms with Gasteiger partial charge in [-0.1, -0.05) is 42.0 Å². The monoisotopic (exact) mass is 352 g/mol. The van der Waals surface area contributed by atoms with Crippen molar-refractivity contribution < 1.29 is 5.11 Å². The molecule has 2 aromatic carbocycles. The number of benzene rings is 2. The molecule has 0 aliphatic carbocycles. The Morgan fingerprint density at radius 3 is 2.11 bits per heavy atom. The van der Waals surface area contributed by atoms with Gasteiger partial charge in [-0.2, -0.15) is 0 Å². The van der Waals surface area contributed by atoms with Crippen LogP contribution in [0.5, 0.6) is 0 Å². The van der Waals surface area contributed by atoms with E-state index in [4.69, 9.17) is 0 Å². The molecule has 0 aliphatic heterocycles. The van der Waals surface area contributed by atoms with Crippen molar-refractivity contribution in [3.05, 3.63) is 68.8 Å². The summed E-state index contributed by atoms with van der Waals surface area (Å²) in [6, 6.07) is 16.4. The van der Waals surface area contributed by atoms with Gasteiger partial charge >= 0.3 is 0 Å². The molecule has 0 aromatic heterocycles. The Kier molecular flexibility index (Phi) is 4.07. The van der Waals surface area contributed by atoms with Crippen molar-refractivity contribution in [2.45, 2.75) is 25.9 Å². The van der Waals surface area contributed by atoms with Gasteiger partial charge in [-0.15, -0.1) is 0 Å². The summed E-state index contributed by atoms with van der Waals surface area (Å²) in [7, 11) is 0. The van der Waals surface area contributed by atoms with Crippen molar-refractivity contribution >= 4 is 22.6 Å². The zero-order chi connectivity index (χ0) is 13.2. The zero-order valence-electron chi connectivity index (χ0n) is 10.7. The molecule has 2 rings (SSSR count). The molecule has 0 saturated heterocycles. The Balaban J connectivity index is 2.20. The van der Waals surface area contributed by atoms with E-state index in [-0.39, 0.29) is 0 Å². The molecule has 0 fully saturated rings. The number of hydrogen-bond donors (Lipinski definition) is 1. The molecule has 0 spiro atoms. The quantitative estimate of drug-likeness (QED) is 0.827. The van der Waals surface area contributed by atoms with E-state index < -0.39 is 5.60 Å². The first-order chi connectivity index (χ1) is 8.47. The lowest BCUT2D eigenvalue weighted by Crippen LogP contribution is -2.24. The third-order valence-corrected chi connectivity index (χ3v) is 3.85. The summed E-state index contributed by atoms with van der Waals surface area (Å²) in [6.45, 7) is 3.94. The van der Waals surface area contributed by atoms with Crippen LogP contribution in [0.15, 0.2) is 48.5 Å². The molecule has 0 bridgehead atoms. The lowest BCUT2D eigenvalue weighted by Gasteiger charge is -2.24. The molecular formula is C16H17IO. The van der Waals surface area contributed by atoms with Crippen LogP contribution in [-0.4, -0.2) is 5.11 Å². The summed E-state index contributed by atoms with van der Waals surface area (Å²) in [4.78, 5) is 0. The van der Waals surface area contributed by atoms with E-state index in [0.29, 0.717) is 6.42 Å². The van der Waals surface area contributed by atoms with Crippen LogP contribution in [0.1, 0.15) is 23.6 Å². The van der Waals surface area contributed by atoms with Crippen LogP contribution < -0.4 is 0 Å². The molecule has 0 aliphatic rings. The SMILES string of the molecule is Cc1ccc(CC(C)(O)c2ccc(I)cc2)cc1. The lowest BCUT2D eigenvalue weighted by atomic mass is 9.89. The predicted molar refractivity (Wildman–Crippen MR) is 83.6 cm³/mol. The van der Waals surface area contributed by atoms with Gasteiger partial charge in [0.1, 0.15) is 0 Å². The topological polar surface area (TPSA) is 20.2 Å². The highest BCUT2D eigenvalue weighted by Gasteiger charge is 2.23. The molecular weight excluding hydrogens is 335 g/mol. The number of rotatable bonds is 3. The lowest BCUT2D eigenvalue weighted by molar-refractivity contribution is 0.0576. The third kappa shape index (κ3) is 3.33. The van der Waals surface area contributed by atoms with Gasteiger partial charge in [0.25, 0.3) is 0 Å². The van der Waals surface area contributed by atoms with Crippen LogP contribution in [0.4, 0.5) is 0 Å². The van der Waals surface area contributed by atoms with Crippen LogP contribution in [0.2, 0.25) is 0 Å². The molecule has 1 unspecified atom stereocenters. The molecule has 0 radical (unpaired) electrons. The molecule has 1 atom stereocenters. The molecule has 2 heteroatoms. The smallest absolute Gasteiger partial charge is 0.0908 e. The number of aryl methyl sites for hydroxylation is 1. The molecule has 18 heavy (non-hydrogen) atoms. The van der Waals surface area contributed by atoms with Gasteiger partial charge in [0.15, 0.2) is 0 Å². The van der Waals surface area contributed by atoms with E-state index in [0.717, 1.165) is 11.1 Å². The minimum atomic E-state index is -0.820. The minimum absolute atomic E-state index is 0.633.